The third kappa shape index (κ3) is 10.2. The van der Waals surface area contributed by atoms with Gasteiger partial charge in [0.2, 0.25) is 0 Å². The minimum atomic E-state index is -0.203. The fourth-order valence-electron chi connectivity index (χ4n) is 1.69. The molecule has 0 unspecified atom stereocenters. The maximum Gasteiger partial charge on any atom is 0.409 e. The summed E-state index contributed by atoms with van der Waals surface area (Å²) in [5.41, 5.74) is 0. The average Bonchev–Trinajstić information content (AvgIpc) is 2.26. The van der Waals surface area contributed by atoms with Gasteiger partial charge in [-0.05, 0) is 20.3 Å². The molecule has 102 valence electrons. The summed E-state index contributed by atoms with van der Waals surface area (Å²) < 4.78 is 5.11. The molecule has 1 amide bonds. The van der Waals surface area contributed by atoms with E-state index in [1.807, 2.05) is 20.9 Å². The molecule has 0 radical (unpaired) electrons. The van der Waals surface area contributed by atoms with Crippen LogP contribution in [0, 0.1) is 0 Å². The van der Waals surface area contributed by atoms with Gasteiger partial charge in [0.05, 0.1) is 6.10 Å². The fraction of sp³-hybridized carbons (Fsp3) is 0.929. The van der Waals surface area contributed by atoms with E-state index in [-0.39, 0.29) is 12.2 Å². The Morgan fingerprint density at radius 3 is 2.12 bits per heavy atom. The Morgan fingerprint density at radius 2 is 1.59 bits per heavy atom. The Kier molecular flexibility index (Phi) is 9.98. The SMILES string of the molecule is CCCCCCCCCN(C)C(=O)OC(C)C. The number of rotatable bonds is 9. The summed E-state index contributed by atoms with van der Waals surface area (Å²) in [7, 11) is 1.81. The molecule has 0 aliphatic rings. The van der Waals surface area contributed by atoms with Crippen molar-refractivity contribution in [3.63, 3.8) is 0 Å². The molecule has 0 N–H and O–H groups in total. The minimum absolute atomic E-state index is 0.0287. The van der Waals surface area contributed by atoms with Gasteiger partial charge in [-0.1, -0.05) is 45.4 Å². The van der Waals surface area contributed by atoms with Gasteiger partial charge in [-0.2, -0.15) is 0 Å². The number of ether oxygens (including phenoxy) is 1. The lowest BCUT2D eigenvalue weighted by Crippen LogP contribution is -2.30. The van der Waals surface area contributed by atoms with Crippen molar-refractivity contribution in [1.29, 1.82) is 0 Å². The molecule has 0 saturated heterocycles. The van der Waals surface area contributed by atoms with Gasteiger partial charge in [0.15, 0.2) is 0 Å². The van der Waals surface area contributed by atoms with Crippen molar-refractivity contribution < 1.29 is 9.53 Å². The maximum absolute atomic E-state index is 11.5. The van der Waals surface area contributed by atoms with Crippen molar-refractivity contribution in [1.82, 2.24) is 4.90 Å². The van der Waals surface area contributed by atoms with Crippen molar-refractivity contribution in [3.05, 3.63) is 0 Å². The molecule has 0 fully saturated rings. The van der Waals surface area contributed by atoms with E-state index in [2.05, 4.69) is 6.92 Å². The van der Waals surface area contributed by atoms with Crippen LogP contribution in [0.5, 0.6) is 0 Å². The van der Waals surface area contributed by atoms with Crippen molar-refractivity contribution in [3.8, 4) is 0 Å². The minimum Gasteiger partial charge on any atom is -0.447 e. The van der Waals surface area contributed by atoms with Crippen LogP contribution in [0.4, 0.5) is 4.79 Å². The molecule has 0 aliphatic carbocycles. The Balaban J connectivity index is 3.38. The largest absolute Gasteiger partial charge is 0.447 e. The van der Waals surface area contributed by atoms with Crippen molar-refractivity contribution in [2.45, 2.75) is 71.8 Å². The zero-order valence-corrected chi connectivity index (χ0v) is 12.0. The second-order valence-electron chi connectivity index (χ2n) is 4.98. The molecule has 0 aromatic rings. The first kappa shape index (κ1) is 16.3. The van der Waals surface area contributed by atoms with Crippen molar-refractivity contribution >= 4 is 6.09 Å². The van der Waals surface area contributed by atoms with Gasteiger partial charge >= 0.3 is 6.09 Å². The topological polar surface area (TPSA) is 29.5 Å². The summed E-state index contributed by atoms with van der Waals surface area (Å²) in [6.07, 6.45) is 8.66. The summed E-state index contributed by atoms with van der Waals surface area (Å²) in [4.78, 5) is 13.1. The summed E-state index contributed by atoms with van der Waals surface area (Å²) in [6.45, 7) is 6.79. The average molecular weight is 243 g/mol. The van der Waals surface area contributed by atoms with E-state index in [0.717, 1.165) is 13.0 Å². The molecule has 0 bridgehead atoms. The van der Waals surface area contributed by atoms with Crippen LogP contribution in [0.3, 0.4) is 0 Å². The number of amides is 1. The molecular weight excluding hydrogens is 214 g/mol. The lowest BCUT2D eigenvalue weighted by atomic mass is 10.1. The van der Waals surface area contributed by atoms with E-state index in [1.54, 1.807) is 4.90 Å². The first-order chi connectivity index (χ1) is 8.07. The first-order valence-electron chi connectivity index (χ1n) is 6.99. The number of carbonyl (C=O) groups excluding carboxylic acids is 1. The number of carbonyl (C=O) groups is 1. The third-order valence-electron chi connectivity index (χ3n) is 2.75. The molecule has 3 heteroatoms. The van der Waals surface area contributed by atoms with Crippen LogP contribution in [0.1, 0.15) is 65.7 Å². The van der Waals surface area contributed by atoms with Crippen LogP contribution in [-0.4, -0.2) is 30.7 Å². The van der Waals surface area contributed by atoms with Crippen LogP contribution in [-0.2, 0) is 4.74 Å². The second kappa shape index (κ2) is 10.4. The maximum atomic E-state index is 11.5. The molecule has 0 heterocycles. The smallest absolute Gasteiger partial charge is 0.409 e. The van der Waals surface area contributed by atoms with Gasteiger partial charge in [0.1, 0.15) is 0 Å². The highest BCUT2D eigenvalue weighted by molar-refractivity contribution is 5.67. The quantitative estimate of drug-likeness (QED) is 0.568. The van der Waals surface area contributed by atoms with E-state index in [9.17, 15) is 4.79 Å². The number of nitrogens with zero attached hydrogens (tertiary/aromatic N) is 1. The number of unbranched alkanes of at least 4 members (excludes halogenated alkanes) is 6. The number of hydrogen-bond acceptors (Lipinski definition) is 2. The van der Waals surface area contributed by atoms with Gasteiger partial charge in [-0.15, -0.1) is 0 Å². The van der Waals surface area contributed by atoms with Crippen LogP contribution in [0.2, 0.25) is 0 Å². The Morgan fingerprint density at radius 1 is 1.06 bits per heavy atom. The lowest BCUT2D eigenvalue weighted by molar-refractivity contribution is 0.0836. The van der Waals surface area contributed by atoms with Gasteiger partial charge in [-0.3, -0.25) is 0 Å². The summed E-state index contributed by atoms with van der Waals surface area (Å²) >= 11 is 0. The molecule has 3 nitrogen and oxygen atoms in total. The summed E-state index contributed by atoms with van der Waals surface area (Å²) in [5.74, 6) is 0. The molecule has 0 spiro atoms. The second-order valence-corrected chi connectivity index (χ2v) is 4.98. The Labute approximate surface area is 107 Å². The Hall–Kier alpha value is -0.730. The van der Waals surface area contributed by atoms with E-state index < -0.39 is 0 Å². The zero-order valence-electron chi connectivity index (χ0n) is 12.0. The molecule has 17 heavy (non-hydrogen) atoms. The van der Waals surface area contributed by atoms with Crippen LogP contribution < -0.4 is 0 Å². The summed E-state index contributed by atoms with van der Waals surface area (Å²) in [6, 6.07) is 0. The predicted molar refractivity (Wildman–Crippen MR) is 72.2 cm³/mol. The monoisotopic (exact) mass is 243 g/mol. The summed E-state index contributed by atoms with van der Waals surface area (Å²) in [5, 5.41) is 0. The third-order valence-corrected chi connectivity index (χ3v) is 2.75. The molecular formula is C14H29NO2. The first-order valence-corrected chi connectivity index (χ1v) is 6.99. The van der Waals surface area contributed by atoms with Crippen molar-refractivity contribution in [2.75, 3.05) is 13.6 Å². The highest BCUT2D eigenvalue weighted by Crippen LogP contribution is 2.07. The Bertz CT molecular complexity index is 193. The molecule has 0 aromatic carbocycles. The molecule has 0 saturated carbocycles. The van der Waals surface area contributed by atoms with Crippen LogP contribution >= 0.6 is 0 Å². The van der Waals surface area contributed by atoms with Gasteiger partial charge in [0, 0.05) is 13.6 Å². The zero-order chi connectivity index (χ0) is 13.1. The van der Waals surface area contributed by atoms with E-state index in [1.165, 1.54) is 38.5 Å². The van der Waals surface area contributed by atoms with E-state index >= 15 is 0 Å². The molecule has 0 atom stereocenters. The highest BCUT2D eigenvalue weighted by Gasteiger charge is 2.10. The lowest BCUT2D eigenvalue weighted by Gasteiger charge is -2.18. The standard InChI is InChI=1S/C14H29NO2/c1-5-6-7-8-9-10-11-12-15(4)14(16)17-13(2)3/h13H,5-12H2,1-4H3. The normalized spacial score (nSPS) is 10.6. The van der Waals surface area contributed by atoms with Crippen LogP contribution in [0.25, 0.3) is 0 Å². The molecule has 0 aromatic heterocycles. The van der Waals surface area contributed by atoms with E-state index in [4.69, 9.17) is 4.74 Å². The van der Waals surface area contributed by atoms with Gasteiger partial charge < -0.3 is 9.64 Å². The van der Waals surface area contributed by atoms with E-state index in [0.29, 0.717) is 0 Å². The van der Waals surface area contributed by atoms with Crippen LogP contribution in [0.15, 0.2) is 0 Å². The predicted octanol–water partition coefficient (Wildman–Crippen LogP) is 4.21. The molecule has 0 aliphatic heterocycles. The fourth-order valence-corrected chi connectivity index (χ4v) is 1.69. The highest BCUT2D eigenvalue weighted by atomic mass is 16.6. The molecule has 0 rings (SSSR count). The van der Waals surface area contributed by atoms with Gasteiger partial charge in [0.25, 0.3) is 0 Å². The van der Waals surface area contributed by atoms with Crippen molar-refractivity contribution in [2.24, 2.45) is 0 Å². The number of hydrogen-bond donors (Lipinski definition) is 0. The van der Waals surface area contributed by atoms with Gasteiger partial charge in [-0.25, -0.2) is 4.79 Å².